The van der Waals surface area contributed by atoms with E-state index in [2.05, 4.69) is 10.6 Å². The van der Waals surface area contributed by atoms with Gasteiger partial charge in [0, 0.05) is 30.6 Å². The summed E-state index contributed by atoms with van der Waals surface area (Å²) in [6.07, 6.45) is 1.09. The van der Waals surface area contributed by atoms with Crippen LogP contribution in [0.4, 0.5) is 0 Å². The number of hydrogen-bond donors (Lipinski definition) is 2. The summed E-state index contributed by atoms with van der Waals surface area (Å²) in [6, 6.07) is 4.97. The molecule has 6 heteroatoms. The molecule has 20 heavy (non-hydrogen) atoms. The zero-order chi connectivity index (χ0) is 14.5. The average Bonchev–Trinajstić information content (AvgIpc) is 2.48. The van der Waals surface area contributed by atoms with Gasteiger partial charge >= 0.3 is 0 Å². The van der Waals surface area contributed by atoms with Gasteiger partial charge in [0.2, 0.25) is 5.91 Å². The van der Waals surface area contributed by atoms with Crippen LogP contribution in [0.3, 0.4) is 0 Å². The topological polar surface area (TPSA) is 76.7 Å². The molecule has 0 spiro atoms. The molecule has 1 heterocycles. The smallest absolute Gasteiger partial charge is 0.251 e. The molecule has 1 aliphatic heterocycles. The molecule has 1 fully saturated rings. The lowest BCUT2D eigenvalue weighted by atomic mass is 10.1. The first kappa shape index (κ1) is 14.2. The van der Waals surface area contributed by atoms with Gasteiger partial charge in [-0.05, 0) is 18.6 Å². The van der Waals surface area contributed by atoms with Gasteiger partial charge in [0.15, 0.2) is 0 Å². The molecule has 2 rings (SSSR count). The molecule has 0 aromatic heterocycles. The number of methoxy groups -OCH3 is 2. The molecule has 0 saturated carbocycles. The van der Waals surface area contributed by atoms with Crippen LogP contribution in [0.1, 0.15) is 23.2 Å². The first-order chi connectivity index (χ1) is 9.62. The molecule has 0 bridgehead atoms. The zero-order valence-corrected chi connectivity index (χ0v) is 11.6. The molecular weight excluding hydrogens is 260 g/mol. The molecule has 2 amide bonds. The first-order valence-corrected chi connectivity index (χ1v) is 6.43. The zero-order valence-electron chi connectivity index (χ0n) is 11.6. The quantitative estimate of drug-likeness (QED) is 0.850. The van der Waals surface area contributed by atoms with Gasteiger partial charge in [-0.25, -0.2) is 0 Å². The van der Waals surface area contributed by atoms with Crippen LogP contribution in [0, 0.1) is 0 Å². The number of amides is 2. The Morgan fingerprint density at radius 2 is 1.90 bits per heavy atom. The van der Waals surface area contributed by atoms with Crippen LogP contribution in [0.2, 0.25) is 0 Å². The maximum atomic E-state index is 12.2. The van der Waals surface area contributed by atoms with Crippen LogP contribution < -0.4 is 20.1 Å². The van der Waals surface area contributed by atoms with E-state index in [9.17, 15) is 9.59 Å². The highest BCUT2D eigenvalue weighted by Gasteiger charge is 2.20. The Morgan fingerprint density at radius 1 is 1.25 bits per heavy atom. The highest BCUT2D eigenvalue weighted by Crippen LogP contribution is 2.22. The normalized spacial score (nSPS) is 18.1. The summed E-state index contributed by atoms with van der Waals surface area (Å²) in [5.74, 6) is 0.944. The van der Waals surface area contributed by atoms with E-state index in [0.29, 0.717) is 36.4 Å². The number of ether oxygens (including phenoxy) is 2. The Morgan fingerprint density at radius 3 is 2.40 bits per heavy atom. The molecule has 2 N–H and O–H groups in total. The summed E-state index contributed by atoms with van der Waals surface area (Å²) in [4.78, 5) is 23.3. The third kappa shape index (κ3) is 3.40. The predicted octanol–water partition coefficient (Wildman–Crippen LogP) is 0.712. The molecule has 1 unspecified atom stereocenters. The van der Waals surface area contributed by atoms with Crippen LogP contribution in [0.5, 0.6) is 11.5 Å². The molecule has 1 aliphatic rings. The standard InChI is InChI=1S/C14H18N2O4/c1-19-11-5-9(6-12(7-11)20-2)14(18)16-10-3-4-13(17)15-8-10/h5-7,10H,3-4,8H2,1-2H3,(H,15,17)(H,16,18). The van der Waals surface area contributed by atoms with Crippen molar-refractivity contribution >= 4 is 11.8 Å². The van der Waals surface area contributed by atoms with Crippen molar-refractivity contribution < 1.29 is 19.1 Å². The van der Waals surface area contributed by atoms with Gasteiger partial charge in [-0.1, -0.05) is 0 Å². The number of piperidine rings is 1. The van der Waals surface area contributed by atoms with Crippen molar-refractivity contribution in [3.63, 3.8) is 0 Å². The Balaban J connectivity index is 2.06. The van der Waals surface area contributed by atoms with Gasteiger partial charge in [-0.15, -0.1) is 0 Å². The van der Waals surface area contributed by atoms with E-state index in [1.54, 1.807) is 18.2 Å². The van der Waals surface area contributed by atoms with E-state index in [1.807, 2.05) is 0 Å². The van der Waals surface area contributed by atoms with Crippen molar-refractivity contribution in [3.05, 3.63) is 23.8 Å². The van der Waals surface area contributed by atoms with Crippen molar-refractivity contribution in [2.24, 2.45) is 0 Å². The number of benzene rings is 1. The van der Waals surface area contributed by atoms with E-state index < -0.39 is 0 Å². The van der Waals surface area contributed by atoms with Crippen LogP contribution >= 0.6 is 0 Å². The maximum Gasteiger partial charge on any atom is 0.251 e. The minimum absolute atomic E-state index is 0.0264. The van der Waals surface area contributed by atoms with Gasteiger partial charge < -0.3 is 20.1 Å². The second-order valence-electron chi connectivity index (χ2n) is 4.61. The number of nitrogens with one attached hydrogen (secondary N) is 2. The molecule has 1 aromatic carbocycles. The maximum absolute atomic E-state index is 12.2. The highest BCUT2D eigenvalue weighted by atomic mass is 16.5. The second-order valence-corrected chi connectivity index (χ2v) is 4.61. The van der Waals surface area contributed by atoms with Crippen LogP contribution in [-0.4, -0.2) is 38.6 Å². The van der Waals surface area contributed by atoms with E-state index in [0.717, 1.165) is 0 Å². The summed E-state index contributed by atoms with van der Waals surface area (Å²) < 4.78 is 10.3. The number of carbonyl (C=O) groups excluding carboxylic acids is 2. The monoisotopic (exact) mass is 278 g/mol. The van der Waals surface area contributed by atoms with Crippen LogP contribution in [0.15, 0.2) is 18.2 Å². The summed E-state index contributed by atoms with van der Waals surface area (Å²) >= 11 is 0. The van der Waals surface area contributed by atoms with Crippen molar-refractivity contribution in [1.82, 2.24) is 10.6 Å². The van der Waals surface area contributed by atoms with Gasteiger partial charge in [0.1, 0.15) is 11.5 Å². The van der Waals surface area contributed by atoms with Gasteiger partial charge in [0.25, 0.3) is 5.91 Å². The van der Waals surface area contributed by atoms with Gasteiger partial charge in [-0.2, -0.15) is 0 Å². The van der Waals surface area contributed by atoms with Crippen LogP contribution in [-0.2, 0) is 4.79 Å². The van der Waals surface area contributed by atoms with E-state index in [-0.39, 0.29) is 17.9 Å². The van der Waals surface area contributed by atoms with E-state index >= 15 is 0 Å². The molecule has 0 aliphatic carbocycles. The number of hydrogen-bond acceptors (Lipinski definition) is 4. The first-order valence-electron chi connectivity index (χ1n) is 6.43. The van der Waals surface area contributed by atoms with Gasteiger partial charge in [-0.3, -0.25) is 9.59 Å². The second kappa shape index (κ2) is 6.27. The minimum Gasteiger partial charge on any atom is -0.497 e. The Labute approximate surface area is 117 Å². The lowest BCUT2D eigenvalue weighted by Crippen LogP contribution is -2.47. The van der Waals surface area contributed by atoms with E-state index in [4.69, 9.17) is 9.47 Å². The number of rotatable bonds is 4. The minimum atomic E-state index is -0.205. The summed E-state index contributed by atoms with van der Waals surface area (Å²) in [5, 5.41) is 5.62. The fourth-order valence-corrected chi connectivity index (χ4v) is 2.06. The molecule has 1 aromatic rings. The Kier molecular flexibility index (Phi) is 4.45. The number of carbonyl (C=O) groups is 2. The summed E-state index contributed by atoms with van der Waals surface area (Å²) in [6.45, 7) is 0.464. The largest absolute Gasteiger partial charge is 0.497 e. The highest BCUT2D eigenvalue weighted by molar-refractivity contribution is 5.95. The molecule has 1 atom stereocenters. The van der Waals surface area contributed by atoms with Gasteiger partial charge in [0.05, 0.1) is 14.2 Å². The molecular formula is C14H18N2O4. The third-order valence-corrected chi connectivity index (χ3v) is 3.21. The molecule has 6 nitrogen and oxygen atoms in total. The van der Waals surface area contributed by atoms with Crippen LogP contribution in [0.25, 0.3) is 0 Å². The molecule has 0 radical (unpaired) electrons. The summed E-state index contributed by atoms with van der Waals surface area (Å²) in [7, 11) is 3.07. The predicted molar refractivity (Wildman–Crippen MR) is 73.0 cm³/mol. The fourth-order valence-electron chi connectivity index (χ4n) is 2.06. The third-order valence-electron chi connectivity index (χ3n) is 3.21. The lowest BCUT2D eigenvalue weighted by molar-refractivity contribution is -0.122. The SMILES string of the molecule is COc1cc(OC)cc(C(=O)NC2CCC(=O)NC2)c1. The Hall–Kier alpha value is -2.24. The van der Waals surface area contributed by atoms with Crippen molar-refractivity contribution in [3.8, 4) is 11.5 Å². The van der Waals surface area contributed by atoms with Crippen molar-refractivity contribution in [2.75, 3.05) is 20.8 Å². The van der Waals surface area contributed by atoms with Crippen molar-refractivity contribution in [2.45, 2.75) is 18.9 Å². The average molecular weight is 278 g/mol. The summed E-state index contributed by atoms with van der Waals surface area (Å²) in [5.41, 5.74) is 0.470. The molecule has 1 saturated heterocycles. The molecule has 108 valence electrons. The Bertz CT molecular complexity index is 484. The van der Waals surface area contributed by atoms with Crippen molar-refractivity contribution in [1.29, 1.82) is 0 Å². The lowest BCUT2D eigenvalue weighted by Gasteiger charge is -2.23. The van der Waals surface area contributed by atoms with E-state index in [1.165, 1.54) is 14.2 Å². The fraction of sp³-hybridized carbons (Fsp3) is 0.429.